The third kappa shape index (κ3) is 3.75. The largest absolute Gasteiger partial charge is 0.497 e. The van der Waals surface area contributed by atoms with Crippen LogP contribution in [0.2, 0.25) is 0 Å². The smallest absolute Gasteiger partial charge is 0.336 e. The molecule has 0 amide bonds. The highest BCUT2D eigenvalue weighted by atomic mass is 16.5. The van der Waals surface area contributed by atoms with Crippen LogP contribution in [0.1, 0.15) is 15.9 Å². The second kappa shape index (κ2) is 7.45. The zero-order valence-corrected chi connectivity index (χ0v) is 13.7. The van der Waals surface area contributed by atoms with Crippen LogP contribution in [0, 0.1) is 0 Å². The standard InChI is InChI=1S/C21H17NO3/c1-25-17-12-10-15(11-13-17)14-22-19-9-5-8-18(21(23)24)20(19)16-6-3-2-4-7-16/h2-14H,1H3,(H,23,24). The van der Waals surface area contributed by atoms with Crippen molar-refractivity contribution in [3.63, 3.8) is 0 Å². The summed E-state index contributed by atoms with van der Waals surface area (Å²) in [5, 5.41) is 9.53. The first-order valence-corrected chi connectivity index (χ1v) is 7.79. The first-order chi connectivity index (χ1) is 12.2. The number of methoxy groups -OCH3 is 1. The van der Waals surface area contributed by atoms with E-state index in [1.807, 2.05) is 60.7 Å². The van der Waals surface area contributed by atoms with Gasteiger partial charge in [0.1, 0.15) is 5.75 Å². The van der Waals surface area contributed by atoms with Crippen LogP contribution in [0.4, 0.5) is 5.69 Å². The minimum Gasteiger partial charge on any atom is -0.497 e. The maximum absolute atomic E-state index is 11.6. The summed E-state index contributed by atoms with van der Waals surface area (Å²) >= 11 is 0. The number of rotatable bonds is 5. The number of aliphatic imine (C=N–C) groups is 1. The van der Waals surface area contributed by atoms with Gasteiger partial charge in [-0.25, -0.2) is 4.79 Å². The van der Waals surface area contributed by atoms with Crippen molar-refractivity contribution in [2.24, 2.45) is 4.99 Å². The van der Waals surface area contributed by atoms with Crippen molar-refractivity contribution < 1.29 is 14.6 Å². The number of carboxylic acids is 1. The molecule has 124 valence electrons. The number of nitrogens with zero attached hydrogens (tertiary/aromatic N) is 1. The molecule has 0 aliphatic heterocycles. The Morgan fingerprint density at radius 2 is 1.68 bits per heavy atom. The highest BCUT2D eigenvalue weighted by Gasteiger charge is 2.15. The van der Waals surface area contributed by atoms with Gasteiger partial charge in [-0.2, -0.15) is 0 Å². The summed E-state index contributed by atoms with van der Waals surface area (Å²) in [4.78, 5) is 16.1. The number of hydrogen-bond donors (Lipinski definition) is 1. The predicted octanol–water partition coefficient (Wildman–Crippen LogP) is 4.81. The van der Waals surface area contributed by atoms with Crippen LogP contribution in [0.15, 0.2) is 77.8 Å². The van der Waals surface area contributed by atoms with Gasteiger partial charge in [-0.1, -0.05) is 36.4 Å². The van der Waals surface area contributed by atoms with Gasteiger partial charge in [-0.3, -0.25) is 4.99 Å². The van der Waals surface area contributed by atoms with Gasteiger partial charge < -0.3 is 9.84 Å². The first kappa shape index (κ1) is 16.5. The van der Waals surface area contributed by atoms with Crippen LogP contribution >= 0.6 is 0 Å². The van der Waals surface area contributed by atoms with E-state index in [1.165, 1.54) is 0 Å². The molecule has 0 heterocycles. The zero-order chi connectivity index (χ0) is 17.6. The molecule has 0 aliphatic rings. The lowest BCUT2D eigenvalue weighted by atomic mass is 9.98. The Kier molecular flexibility index (Phi) is 4.90. The van der Waals surface area contributed by atoms with Crippen LogP contribution in [0.5, 0.6) is 5.75 Å². The van der Waals surface area contributed by atoms with Crippen LogP contribution < -0.4 is 4.74 Å². The maximum atomic E-state index is 11.6. The average Bonchev–Trinajstić information content (AvgIpc) is 2.67. The number of benzene rings is 3. The Hall–Kier alpha value is -3.40. The summed E-state index contributed by atoms with van der Waals surface area (Å²) in [7, 11) is 1.62. The third-order valence-corrected chi connectivity index (χ3v) is 3.80. The van der Waals surface area contributed by atoms with Gasteiger partial charge in [0.25, 0.3) is 0 Å². The molecule has 0 fully saturated rings. The fourth-order valence-electron chi connectivity index (χ4n) is 2.57. The van der Waals surface area contributed by atoms with E-state index in [2.05, 4.69) is 4.99 Å². The molecule has 4 heteroatoms. The zero-order valence-electron chi connectivity index (χ0n) is 13.7. The lowest BCUT2D eigenvalue weighted by Gasteiger charge is -2.10. The molecule has 3 rings (SSSR count). The van der Waals surface area contributed by atoms with Crippen molar-refractivity contribution >= 4 is 17.9 Å². The van der Waals surface area contributed by atoms with E-state index in [-0.39, 0.29) is 5.56 Å². The normalized spacial score (nSPS) is 10.8. The van der Waals surface area contributed by atoms with Gasteiger partial charge in [0.05, 0.1) is 18.4 Å². The van der Waals surface area contributed by atoms with Crippen LogP contribution in [-0.2, 0) is 0 Å². The molecule has 1 N–H and O–H groups in total. The van der Waals surface area contributed by atoms with E-state index in [4.69, 9.17) is 4.74 Å². The van der Waals surface area contributed by atoms with E-state index >= 15 is 0 Å². The van der Waals surface area contributed by atoms with Crippen molar-refractivity contribution in [1.82, 2.24) is 0 Å². The Balaban J connectivity index is 2.04. The lowest BCUT2D eigenvalue weighted by Crippen LogP contribution is -1.99. The van der Waals surface area contributed by atoms with Gasteiger partial charge >= 0.3 is 5.97 Å². The first-order valence-electron chi connectivity index (χ1n) is 7.79. The fourth-order valence-corrected chi connectivity index (χ4v) is 2.57. The summed E-state index contributed by atoms with van der Waals surface area (Å²) in [6, 6.07) is 22.0. The summed E-state index contributed by atoms with van der Waals surface area (Å²) in [5.41, 5.74) is 3.18. The number of ether oxygens (including phenoxy) is 1. The predicted molar refractivity (Wildman–Crippen MR) is 99.1 cm³/mol. The quantitative estimate of drug-likeness (QED) is 0.682. The fraction of sp³-hybridized carbons (Fsp3) is 0.0476. The van der Waals surface area contributed by atoms with Crippen molar-refractivity contribution in [2.45, 2.75) is 0 Å². The van der Waals surface area contributed by atoms with E-state index in [1.54, 1.807) is 25.5 Å². The molecule has 3 aromatic rings. The molecular weight excluding hydrogens is 314 g/mol. The molecule has 0 saturated carbocycles. The SMILES string of the molecule is COc1ccc(C=Nc2cccc(C(=O)O)c2-c2ccccc2)cc1. The molecular formula is C21H17NO3. The summed E-state index contributed by atoms with van der Waals surface area (Å²) in [5.74, 6) is -0.199. The molecule has 0 radical (unpaired) electrons. The molecule has 4 nitrogen and oxygen atoms in total. The number of carbonyl (C=O) groups is 1. The lowest BCUT2D eigenvalue weighted by molar-refractivity contribution is 0.0697. The molecule has 0 bridgehead atoms. The van der Waals surface area contributed by atoms with E-state index in [0.29, 0.717) is 11.3 Å². The highest BCUT2D eigenvalue weighted by molar-refractivity contribution is 6.00. The van der Waals surface area contributed by atoms with Crippen molar-refractivity contribution in [3.05, 3.63) is 83.9 Å². The minimum absolute atomic E-state index is 0.232. The molecule has 0 aliphatic carbocycles. The van der Waals surface area contributed by atoms with Crippen LogP contribution in [0.25, 0.3) is 11.1 Å². The Bertz CT molecular complexity index is 900. The second-order valence-corrected chi connectivity index (χ2v) is 5.40. The Morgan fingerprint density at radius 1 is 0.960 bits per heavy atom. The van der Waals surface area contributed by atoms with Gasteiger partial charge in [0.15, 0.2) is 0 Å². The topological polar surface area (TPSA) is 58.9 Å². The van der Waals surface area contributed by atoms with Gasteiger partial charge in [-0.15, -0.1) is 0 Å². The molecule has 0 atom stereocenters. The summed E-state index contributed by atoms with van der Waals surface area (Å²) in [6.45, 7) is 0. The Labute approximate surface area is 146 Å². The number of carboxylic acid groups (broad SMARTS) is 1. The van der Waals surface area contributed by atoms with Crippen molar-refractivity contribution in [2.75, 3.05) is 7.11 Å². The highest BCUT2D eigenvalue weighted by Crippen LogP contribution is 2.33. The molecule has 0 unspecified atom stereocenters. The molecule has 0 saturated heterocycles. The second-order valence-electron chi connectivity index (χ2n) is 5.40. The maximum Gasteiger partial charge on any atom is 0.336 e. The molecule has 0 aromatic heterocycles. The molecule has 25 heavy (non-hydrogen) atoms. The number of aromatic carboxylic acids is 1. The van der Waals surface area contributed by atoms with E-state index < -0.39 is 5.97 Å². The Morgan fingerprint density at radius 3 is 2.32 bits per heavy atom. The van der Waals surface area contributed by atoms with Crippen molar-refractivity contribution in [3.8, 4) is 16.9 Å². The molecule has 3 aromatic carbocycles. The number of hydrogen-bond acceptors (Lipinski definition) is 3. The summed E-state index contributed by atoms with van der Waals surface area (Å²) < 4.78 is 5.14. The van der Waals surface area contributed by atoms with Gasteiger partial charge in [-0.05, 0) is 47.5 Å². The third-order valence-electron chi connectivity index (χ3n) is 3.80. The molecule has 0 spiro atoms. The average molecular weight is 331 g/mol. The van der Waals surface area contributed by atoms with Gasteiger partial charge in [0, 0.05) is 11.8 Å². The van der Waals surface area contributed by atoms with E-state index in [9.17, 15) is 9.90 Å². The monoisotopic (exact) mass is 331 g/mol. The summed E-state index contributed by atoms with van der Waals surface area (Å²) in [6.07, 6.45) is 1.72. The van der Waals surface area contributed by atoms with Crippen LogP contribution in [-0.4, -0.2) is 24.4 Å². The van der Waals surface area contributed by atoms with Gasteiger partial charge in [0.2, 0.25) is 0 Å². The van der Waals surface area contributed by atoms with E-state index in [0.717, 1.165) is 16.9 Å². The van der Waals surface area contributed by atoms with Crippen LogP contribution in [0.3, 0.4) is 0 Å². The minimum atomic E-state index is -0.972. The van der Waals surface area contributed by atoms with Crippen molar-refractivity contribution in [1.29, 1.82) is 0 Å².